The minimum absolute atomic E-state index is 0.0142. The van der Waals surface area contributed by atoms with Crippen molar-refractivity contribution in [1.29, 1.82) is 0 Å². The molecular weight excluding hydrogens is 569 g/mol. The highest BCUT2D eigenvalue weighted by Crippen LogP contribution is 2.40. The molecule has 7 nitrogen and oxygen atoms in total. The van der Waals surface area contributed by atoms with Crippen molar-refractivity contribution in [2.75, 3.05) is 18.1 Å². The third-order valence-electron chi connectivity index (χ3n) is 8.18. The second-order valence-electron chi connectivity index (χ2n) is 11.5. The lowest BCUT2D eigenvalue weighted by Gasteiger charge is -2.35. The summed E-state index contributed by atoms with van der Waals surface area (Å²) in [5.74, 6) is -7.87. The molecule has 43 heavy (non-hydrogen) atoms. The van der Waals surface area contributed by atoms with Crippen LogP contribution in [0.25, 0.3) is 28.0 Å². The van der Waals surface area contributed by atoms with Crippen molar-refractivity contribution in [3.05, 3.63) is 69.7 Å². The molecule has 0 aliphatic carbocycles. The molecule has 1 saturated heterocycles. The van der Waals surface area contributed by atoms with E-state index in [2.05, 4.69) is 15.0 Å². The summed E-state index contributed by atoms with van der Waals surface area (Å²) >= 11 is 0. The molecule has 3 aromatic heterocycles. The molecule has 4 aromatic rings. The highest BCUT2D eigenvalue weighted by Gasteiger charge is 2.34. The Labute approximate surface area is 244 Å². The van der Waals surface area contributed by atoms with Gasteiger partial charge in [0.05, 0.1) is 22.3 Å². The Balaban J connectivity index is 1.78. The topological polar surface area (TPSA) is 73.1 Å². The maximum atomic E-state index is 16.0. The zero-order valence-corrected chi connectivity index (χ0v) is 23.9. The van der Waals surface area contributed by atoms with E-state index in [0.717, 1.165) is 42.0 Å². The summed E-state index contributed by atoms with van der Waals surface area (Å²) in [4.78, 5) is 29.3. The van der Waals surface area contributed by atoms with Gasteiger partial charge in [-0.1, -0.05) is 13.8 Å². The average molecular weight is 600 g/mol. The Morgan fingerprint density at radius 3 is 2.60 bits per heavy atom. The lowest BCUT2D eigenvalue weighted by molar-refractivity contribution is -0.0472. The number of anilines is 1. The van der Waals surface area contributed by atoms with Gasteiger partial charge in [0, 0.05) is 25.2 Å². The van der Waals surface area contributed by atoms with Crippen molar-refractivity contribution in [3.8, 4) is 22.7 Å². The number of benzene rings is 1. The average Bonchev–Trinajstić information content (AvgIpc) is 2.97. The summed E-state index contributed by atoms with van der Waals surface area (Å²) in [5.41, 5.74) is -1.30. The van der Waals surface area contributed by atoms with Gasteiger partial charge in [0.1, 0.15) is 17.3 Å². The fourth-order valence-electron chi connectivity index (χ4n) is 5.96. The third-order valence-corrected chi connectivity index (χ3v) is 8.18. The van der Waals surface area contributed by atoms with Crippen LogP contribution in [0, 0.1) is 17.5 Å². The third kappa shape index (κ3) is 5.10. The first-order chi connectivity index (χ1) is 20.5. The molecule has 12 heteroatoms. The van der Waals surface area contributed by atoms with E-state index in [4.69, 9.17) is 4.74 Å². The largest absolute Gasteiger partial charge is 0.486 e. The fraction of sp³-hybridized carbons (Fsp3) is 0.419. The number of fused-ring (bicyclic) bond motifs is 5. The highest BCUT2D eigenvalue weighted by atomic mass is 19.3. The summed E-state index contributed by atoms with van der Waals surface area (Å²) < 4.78 is 82.7. The number of halogens is 5. The monoisotopic (exact) mass is 599 g/mol. The van der Waals surface area contributed by atoms with Crippen LogP contribution < -0.4 is 15.3 Å². The van der Waals surface area contributed by atoms with Crippen LogP contribution in [0.3, 0.4) is 0 Å². The standard InChI is InChI=1S/C31H30F5N5O2/c1-16(2)25-27-18(10-12-37-25)9-11-31(35,36)15-43-22-8-7-20(32)24(34)23(22)26-21(33)14-19-28(40-13-5-4-6-17(40)3)39-30(42)41(27)29(19)38-26/h7-8,10,12,14,16-17H,4-6,9,11,13,15H2,1-3H3/t17-/m0/s1. The molecule has 6 rings (SSSR count). The van der Waals surface area contributed by atoms with Crippen molar-refractivity contribution >= 4 is 16.9 Å². The number of nitrogens with zero attached hydrogens (tertiary/aromatic N) is 5. The molecule has 1 fully saturated rings. The molecule has 0 spiro atoms. The second-order valence-corrected chi connectivity index (χ2v) is 11.5. The number of alkyl halides is 2. The summed E-state index contributed by atoms with van der Waals surface area (Å²) in [7, 11) is 0. The van der Waals surface area contributed by atoms with E-state index >= 15 is 17.6 Å². The van der Waals surface area contributed by atoms with E-state index in [9.17, 15) is 9.18 Å². The molecule has 0 N–H and O–H groups in total. The Morgan fingerprint density at radius 2 is 1.86 bits per heavy atom. The summed E-state index contributed by atoms with van der Waals surface area (Å²) in [5, 5.41) is 0.165. The predicted molar refractivity (Wildman–Crippen MR) is 152 cm³/mol. The molecular formula is C31H30F5N5O2. The van der Waals surface area contributed by atoms with Gasteiger partial charge in [-0.2, -0.15) is 4.98 Å². The maximum absolute atomic E-state index is 16.0. The van der Waals surface area contributed by atoms with Crippen LogP contribution in [0.1, 0.15) is 63.6 Å². The molecule has 1 aromatic carbocycles. The molecule has 2 aliphatic heterocycles. The van der Waals surface area contributed by atoms with E-state index in [1.165, 1.54) is 6.20 Å². The van der Waals surface area contributed by atoms with Crippen molar-refractivity contribution < 1.29 is 26.7 Å². The number of hydrogen-bond acceptors (Lipinski definition) is 6. The summed E-state index contributed by atoms with van der Waals surface area (Å²) in [6, 6.07) is 4.30. The van der Waals surface area contributed by atoms with Gasteiger partial charge < -0.3 is 9.64 Å². The number of pyridine rings is 2. The van der Waals surface area contributed by atoms with Crippen molar-refractivity contribution in [2.24, 2.45) is 0 Å². The van der Waals surface area contributed by atoms with E-state index in [1.54, 1.807) is 6.07 Å². The number of aromatic nitrogens is 4. The number of rotatable bonds is 2. The Bertz CT molecular complexity index is 1790. The minimum atomic E-state index is -3.41. The van der Waals surface area contributed by atoms with E-state index in [1.807, 2.05) is 25.7 Å². The van der Waals surface area contributed by atoms with Crippen LogP contribution in [0.15, 0.2) is 35.3 Å². The van der Waals surface area contributed by atoms with Crippen LogP contribution in [-0.4, -0.2) is 44.6 Å². The quantitative estimate of drug-likeness (QED) is 0.238. The molecule has 0 amide bonds. The van der Waals surface area contributed by atoms with Crippen molar-refractivity contribution in [3.63, 3.8) is 0 Å². The second kappa shape index (κ2) is 10.9. The molecule has 226 valence electrons. The first-order valence-electron chi connectivity index (χ1n) is 14.3. The van der Waals surface area contributed by atoms with Gasteiger partial charge in [-0.25, -0.2) is 36.3 Å². The molecule has 1 atom stereocenters. The summed E-state index contributed by atoms with van der Waals surface area (Å²) in [6.45, 7) is 5.05. The number of ether oxygens (including phenoxy) is 1. The van der Waals surface area contributed by atoms with E-state index in [-0.39, 0.29) is 40.9 Å². The number of piperidine rings is 1. The molecule has 2 bridgehead atoms. The van der Waals surface area contributed by atoms with Gasteiger partial charge in [-0.15, -0.1) is 0 Å². The van der Waals surface area contributed by atoms with Crippen LogP contribution >= 0.6 is 0 Å². The zero-order valence-electron chi connectivity index (χ0n) is 23.9. The van der Waals surface area contributed by atoms with Crippen LogP contribution in [0.4, 0.5) is 27.8 Å². The van der Waals surface area contributed by atoms with E-state index < -0.39 is 59.1 Å². The fourth-order valence-corrected chi connectivity index (χ4v) is 5.96. The lowest BCUT2D eigenvalue weighted by atomic mass is 9.99. The van der Waals surface area contributed by atoms with E-state index in [0.29, 0.717) is 17.8 Å². The Hall–Kier alpha value is -4.09. The maximum Gasteiger partial charge on any atom is 0.355 e. The smallest absolute Gasteiger partial charge is 0.355 e. The van der Waals surface area contributed by atoms with Crippen molar-refractivity contribution in [1.82, 2.24) is 19.5 Å². The first-order valence-corrected chi connectivity index (χ1v) is 14.3. The van der Waals surface area contributed by atoms with Crippen molar-refractivity contribution in [2.45, 2.75) is 70.8 Å². The predicted octanol–water partition coefficient (Wildman–Crippen LogP) is 6.72. The van der Waals surface area contributed by atoms with Gasteiger partial charge in [-0.05, 0) is 68.4 Å². The molecule has 2 aliphatic rings. The van der Waals surface area contributed by atoms with Crippen LogP contribution in [-0.2, 0) is 6.42 Å². The van der Waals surface area contributed by atoms with Gasteiger partial charge in [0.2, 0.25) is 0 Å². The first kappa shape index (κ1) is 29.0. The highest BCUT2D eigenvalue weighted by molar-refractivity contribution is 5.91. The zero-order chi connectivity index (χ0) is 30.6. The normalized spacial score (nSPS) is 18.4. The number of aryl methyl sites for hydroxylation is 1. The Kier molecular flexibility index (Phi) is 7.34. The van der Waals surface area contributed by atoms with Gasteiger partial charge in [0.25, 0.3) is 5.92 Å². The molecule has 0 saturated carbocycles. The van der Waals surface area contributed by atoms with Crippen LogP contribution in [0.2, 0.25) is 0 Å². The lowest BCUT2D eigenvalue weighted by Crippen LogP contribution is -2.40. The Morgan fingerprint density at radius 1 is 1.07 bits per heavy atom. The van der Waals surface area contributed by atoms with Gasteiger partial charge in [0.15, 0.2) is 29.7 Å². The van der Waals surface area contributed by atoms with Gasteiger partial charge in [-0.3, -0.25) is 4.98 Å². The molecule has 0 radical (unpaired) electrons. The van der Waals surface area contributed by atoms with Gasteiger partial charge >= 0.3 is 5.69 Å². The van der Waals surface area contributed by atoms with Crippen LogP contribution in [0.5, 0.6) is 5.75 Å². The molecule has 5 heterocycles. The molecule has 0 unspecified atom stereocenters. The SMILES string of the molecule is CC(C)c1nccc2c1-n1c(=O)nc(N3CCCC[C@@H]3C)c3cc(F)c(nc31)-c1c(ccc(F)c1F)OCC(F)(F)CC2. The number of hydrogen-bond donors (Lipinski definition) is 0. The minimum Gasteiger partial charge on any atom is -0.486 e. The summed E-state index contributed by atoms with van der Waals surface area (Å²) in [6.07, 6.45) is 3.26.